The van der Waals surface area contributed by atoms with Crippen molar-refractivity contribution in [3.05, 3.63) is 23.3 Å². The van der Waals surface area contributed by atoms with Crippen molar-refractivity contribution in [1.82, 2.24) is 4.98 Å². The third kappa shape index (κ3) is 3.96. The van der Waals surface area contributed by atoms with E-state index in [4.69, 9.17) is 5.11 Å². The van der Waals surface area contributed by atoms with Gasteiger partial charge in [-0.25, -0.2) is 4.98 Å². The number of ether oxygens (including phenoxy) is 1. The molecule has 112 valence electrons. The first-order valence-corrected chi connectivity index (χ1v) is 4.64. The number of carboxylic acid groups (broad SMARTS) is 1. The molecular weight excluding hydrogens is 303 g/mol. The van der Waals surface area contributed by atoms with Gasteiger partial charge >= 0.3 is 18.5 Å². The molecule has 1 N–H and O–H groups in total. The van der Waals surface area contributed by atoms with Crippen LogP contribution in [0.25, 0.3) is 0 Å². The van der Waals surface area contributed by atoms with E-state index in [0.29, 0.717) is 0 Å². The van der Waals surface area contributed by atoms with Crippen LogP contribution in [0.2, 0.25) is 0 Å². The normalized spacial score (nSPS) is 12.3. The van der Waals surface area contributed by atoms with E-state index in [1.54, 1.807) is 0 Å². The molecule has 1 aromatic rings. The zero-order chi connectivity index (χ0) is 15.7. The molecule has 0 amide bonds. The van der Waals surface area contributed by atoms with Gasteiger partial charge < -0.3 is 9.84 Å². The van der Waals surface area contributed by atoms with Gasteiger partial charge in [-0.05, 0) is 0 Å². The third-order valence-corrected chi connectivity index (χ3v) is 1.93. The van der Waals surface area contributed by atoms with Crippen LogP contribution in [0.15, 0.2) is 6.20 Å². The second-order valence-corrected chi connectivity index (χ2v) is 3.38. The Bertz CT molecular complexity index is 523. The standard InChI is InChI=1S/C9H4F7NO3/c10-7-3(1-5(18)19)6(8(11,12)13)4(2-17-7)20-9(14,15)16/h2H,1H2,(H,18,19). The minimum Gasteiger partial charge on any atom is -0.481 e. The molecule has 0 bridgehead atoms. The highest BCUT2D eigenvalue weighted by atomic mass is 19.4. The van der Waals surface area contributed by atoms with Crippen LogP contribution in [0.4, 0.5) is 30.7 Å². The topological polar surface area (TPSA) is 59.4 Å². The lowest BCUT2D eigenvalue weighted by atomic mass is 10.1. The van der Waals surface area contributed by atoms with Gasteiger partial charge in [-0.15, -0.1) is 13.2 Å². The lowest BCUT2D eigenvalue weighted by Gasteiger charge is -2.17. The van der Waals surface area contributed by atoms with Crippen molar-refractivity contribution < 1.29 is 45.4 Å². The van der Waals surface area contributed by atoms with E-state index in [9.17, 15) is 35.5 Å². The number of hydrogen-bond donors (Lipinski definition) is 1. The molecule has 0 radical (unpaired) electrons. The number of rotatable bonds is 3. The number of carbonyl (C=O) groups is 1. The summed E-state index contributed by atoms with van der Waals surface area (Å²) in [5, 5.41) is 8.38. The maximum Gasteiger partial charge on any atom is 0.573 e. The van der Waals surface area contributed by atoms with Gasteiger partial charge in [-0.1, -0.05) is 0 Å². The lowest BCUT2D eigenvalue weighted by Crippen LogP contribution is -2.23. The Morgan fingerprint density at radius 2 is 1.80 bits per heavy atom. The number of nitrogens with zero attached hydrogens (tertiary/aromatic N) is 1. The predicted molar refractivity (Wildman–Crippen MR) is 47.2 cm³/mol. The van der Waals surface area contributed by atoms with E-state index < -0.39 is 47.8 Å². The highest BCUT2D eigenvalue weighted by Gasteiger charge is 2.43. The summed E-state index contributed by atoms with van der Waals surface area (Å²) in [6.45, 7) is 0. The summed E-state index contributed by atoms with van der Waals surface area (Å²) in [4.78, 5) is 13.0. The Hall–Kier alpha value is -2.07. The molecule has 0 aliphatic heterocycles. The van der Waals surface area contributed by atoms with Crippen LogP contribution in [-0.4, -0.2) is 22.4 Å². The molecule has 0 aliphatic rings. The molecule has 0 spiro atoms. The quantitative estimate of drug-likeness (QED) is 0.689. The van der Waals surface area contributed by atoms with E-state index in [2.05, 4.69) is 9.72 Å². The van der Waals surface area contributed by atoms with Gasteiger partial charge in [0.05, 0.1) is 12.6 Å². The average molecular weight is 307 g/mol. The van der Waals surface area contributed by atoms with Crippen molar-refractivity contribution in [1.29, 1.82) is 0 Å². The highest BCUT2D eigenvalue weighted by Crippen LogP contribution is 2.41. The van der Waals surface area contributed by atoms with E-state index in [1.165, 1.54) is 0 Å². The molecular formula is C9H4F7NO3. The highest BCUT2D eigenvalue weighted by molar-refractivity contribution is 5.71. The van der Waals surface area contributed by atoms with Crippen LogP contribution in [0.1, 0.15) is 11.1 Å². The average Bonchev–Trinajstić information content (AvgIpc) is 2.18. The molecule has 0 atom stereocenters. The first-order valence-electron chi connectivity index (χ1n) is 4.64. The van der Waals surface area contributed by atoms with Crippen molar-refractivity contribution in [3.63, 3.8) is 0 Å². The summed E-state index contributed by atoms with van der Waals surface area (Å²) in [7, 11) is 0. The zero-order valence-corrected chi connectivity index (χ0v) is 9.14. The number of aliphatic carboxylic acids is 1. The van der Waals surface area contributed by atoms with E-state index in [1.807, 2.05) is 0 Å². The number of pyridine rings is 1. The van der Waals surface area contributed by atoms with Crippen molar-refractivity contribution in [3.8, 4) is 5.75 Å². The fourth-order valence-corrected chi connectivity index (χ4v) is 1.34. The zero-order valence-electron chi connectivity index (χ0n) is 9.14. The summed E-state index contributed by atoms with van der Waals surface area (Å²) in [6.07, 6.45) is -12.5. The van der Waals surface area contributed by atoms with E-state index >= 15 is 0 Å². The minimum atomic E-state index is -5.47. The SMILES string of the molecule is O=C(O)Cc1c(F)ncc(OC(F)(F)F)c1C(F)(F)F. The third-order valence-electron chi connectivity index (χ3n) is 1.93. The number of carboxylic acids is 1. The number of halogens is 7. The Labute approximate surface area is 105 Å². The Morgan fingerprint density at radius 1 is 1.25 bits per heavy atom. The predicted octanol–water partition coefficient (Wildman–Crippen LogP) is 2.77. The summed E-state index contributed by atoms with van der Waals surface area (Å²) in [5.74, 6) is -5.53. The van der Waals surface area contributed by atoms with Gasteiger partial charge in [0.1, 0.15) is 5.56 Å². The van der Waals surface area contributed by atoms with Gasteiger partial charge in [0.2, 0.25) is 5.95 Å². The second-order valence-electron chi connectivity index (χ2n) is 3.38. The second kappa shape index (κ2) is 5.13. The van der Waals surface area contributed by atoms with E-state index in [-0.39, 0.29) is 6.20 Å². The smallest absolute Gasteiger partial charge is 0.481 e. The summed E-state index contributed by atoms with van der Waals surface area (Å²) < 4.78 is 90.2. The molecule has 11 heteroatoms. The first-order chi connectivity index (χ1) is 8.92. The molecule has 1 rings (SSSR count). The molecule has 0 saturated carbocycles. The van der Waals surface area contributed by atoms with Crippen LogP contribution < -0.4 is 4.74 Å². The molecule has 0 saturated heterocycles. The minimum absolute atomic E-state index is 0.114. The van der Waals surface area contributed by atoms with Gasteiger partial charge in [0.15, 0.2) is 5.75 Å². The van der Waals surface area contributed by atoms with Crippen LogP contribution in [-0.2, 0) is 17.4 Å². The van der Waals surface area contributed by atoms with Crippen molar-refractivity contribution in [2.24, 2.45) is 0 Å². The number of aromatic nitrogens is 1. The number of hydrogen-bond acceptors (Lipinski definition) is 3. The van der Waals surface area contributed by atoms with Crippen molar-refractivity contribution >= 4 is 5.97 Å². The molecule has 0 aromatic carbocycles. The fourth-order valence-electron chi connectivity index (χ4n) is 1.34. The van der Waals surface area contributed by atoms with Gasteiger partial charge in [-0.3, -0.25) is 4.79 Å². The molecule has 0 fully saturated rings. The van der Waals surface area contributed by atoms with Crippen molar-refractivity contribution in [2.75, 3.05) is 0 Å². The van der Waals surface area contributed by atoms with Crippen LogP contribution >= 0.6 is 0 Å². The molecule has 0 aliphatic carbocycles. The van der Waals surface area contributed by atoms with Gasteiger partial charge in [0, 0.05) is 5.56 Å². The molecule has 1 aromatic heterocycles. The van der Waals surface area contributed by atoms with E-state index in [0.717, 1.165) is 0 Å². The Morgan fingerprint density at radius 3 is 2.20 bits per heavy atom. The molecule has 0 unspecified atom stereocenters. The first kappa shape index (κ1) is 16.0. The molecule has 4 nitrogen and oxygen atoms in total. The van der Waals surface area contributed by atoms with Crippen LogP contribution in [0, 0.1) is 5.95 Å². The summed E-state index contributed by atoms with van der Waals surface area (Å²) in [5.41, 5.74) is -3.70. The maximum atomic E-state index is 13.1. The summed E-state index contributed by atoms with van der Waals surface area (Å²) in [6, 6.07) is 0. The largest absolute Gasteiger partial charge is 0.573 e. The van der Waals surface area contributed by atoms with Gasteiger partial charge in [0.25, 0.3) is 0 Å². The number of alkyl halides is 6. The fraction of sp³-hybridized carbons (Fsp3) is 0.333. The lowest BCUT2D eigenvalue weighted by molar-refractivity contribution is -0.276. The van der Waals surface area contributed by atoms with Crippen LogP contribution in [0.3, 0.4) is 0 Å². The Balaban J connectivity index is 3.49. The molecule has 1 heterocycles. The monoisotopic (exact) mass is 307 g/mol. The van der Waals surface area contributed by atoms with Gasteiger partial charge in [-0.2, -0.15) is 17.6 Å². The molecule has 20 heavy (non-hydrogen) atoms. The van der Waals surface area contributed by atoms with Crippen LogP contribution in [0.5, 0.6) is 5.75 Å². The Kier molecular flexibility index (Phi) is 4.10. The van der Waals surface area contributed by atoms with Crippen molar-refractivity contribution in [2.45, 2.75) is 19.0 Å². The summed E-state index contributed by atoms with van der Waals surface area (Å²) >= 11 is 0. The maximum absolute atomic E-state index is 13.1.